The lowest BCUT2D eigenvalue weighted by Crippen LogP contribution is -2.61. The fourth-order valence-electron chi connectivity index (χ4n) is 6.96. The molecule has 2 aliphatic rings. The average molecular weight is 833 g/mol. The first-order valence-electron chi connectivity index (χ1n) is 22.4. The molecule has 14 heteroatoms. The summed E-state index contributed by atoms with van der Waals surface area (Å²) < 4.78 is 33.9. The lowest BCUT2D eigenvalue weighted by Gasteiger charge is -2.42. The molecule has 14 nitrogen and oxygen atoms in total. The highest BCUT2D eigenvalue weighted by Gasteiger charge is 2.47. The maximum Gasteiger partial charge on any atom is 0.306 e. The van der Waals surface area contributed by atoms with Crippen molar-refractivity contribution in [3.63, 3.8) is 0 Å². The van der Waals surface area contributed by atoms with Crippen LogP contribution in [-0.2, 0) is 33.2 Å². The smallest absolute Gasteiger partial charge is 0.306 e. The van der Waals surface area contributed by atoms with Gasteiger partial charge in [-0.15, -0.1) is 0 Å². The summed E-state index contributed by atoms with van der Waals surface area (Å²) in [6, 6.07) is 0. The Morgan fingerprint density at radius 1 is 0.569 bits per heavy atom. The summed E-state index contributed by atoms with van der Waals surface area (Å²) in [5, 5.41) is 71.6. The van der Waals surface area contributed by atoms with E-state index >= 15 is 0 Å². The summed E-state index contributed by atoms with van der Waals surface area (Å²) in [5.74, 6) is -0.392. The summed E-state index contributed by atoms with van der Waals surface area (Å²) in [6.45, 7) is 3.55. The van der Waals surface area contributed by atoms with Crippen molar-refractivity contribution < 1.29 is 69.0 Å². The standard InChI is InChI=1S/C44H80O14/c1-3-5-7-9-10-11-12-13-14-15-16-17-18-19-20-21-22-24-26-28-53-30-33(56-36(46)27-25-23-8-6-4-2)31-54-43-42(52)40(50)38(48)35(58-43)32-55-44-41(51)39(49)37(47)34(29-45)57-44/h11-12,14-15,33-35,37-45,47-52H,3-10,13,16-32H2,1-2H3/b12-11-,15-14-. The highest BCUT2D eigenvalue weighted by Crippen LogP contribution is 2.26. The Labute approximate surface area is 347 Å². The summed E-state index contributed by atoms with van der Waals surface area (Å²) in [6.07, 6.45) is 15.9. The van der Waals surface area contributed by atoms with Gasteiger partial charge in [0.2, 0.25) is 0 Å². The number of ether oxygens (including phenoxy) is 6. The van der Waals surface area contributed by atoms with E-state index in [4.69, 9.17) is 28.4 Å². The zero-order valence-corrected chi connectivity index (χ0v) is 35.5. The Morgan fingerprint density at radius 3 is 1.67 bits per heavy atom. The normalized spacial score (nSPS) is 28.4. The predicted molar refractivity (Wildman–Crippen MR) is 220 cm³/mol. The van der Waals surface area contributed by atoms with Crippen LogP contribution in [0.2, 0.25) is 0 Å². The number of aliphatic hydroxyl groups excluding tert-OH is 7. The summed E-state index contributed by atoms with van der Waals surface area (Å²) in [5.41, 5.74) is 0. The number of unbranched alkanes of at least 4 members (excludes halogenated alkanes) is 16. The first kappa shape index (κ1) is 52.6. The van der Waals surface area contributed by atoms with Crippen LogP contribution in [0.15, 0.2) is 24.3 Å². The van der Waals surface area contributed by atoms with Gasteiger partial charge in [0.15, 0.2) is 12.6 Å². The van der Waals surface area contributed by atoms with Crippen molar-refractivity contribution in [1.29, 1.82) is 0 Å². The monoisotopic (exact) mass is 833 g/mol. The second kappa shape index (κ2) is 33.1. The van der Waals surface area contributed by atoms with Gasteiger partial charge in [0.25, 0.3) is 0 Å². The van der Waals surface area contributed by atoms with E-state index < -0.39 is 86.7 Å². The first-order valence-corrected chi connectivity index (χ1v) is 22.4. The van der Waals surface area contributed by atoms with Crippen molar-refractivity contribution >= 4 is 5.97 Å². The molecule has 0 amide bonds. The Bertz CT molecular complexity index is 1060. The third-order valence-corrected chi connectivity index (χ3v) is 10.7. The van der Waals surface area contributed by atoms with Crippen LogP contribution in [0.5, 0.6) is 0 Å². The van der Waals surface area contributed by atoms with Gasteiger partial charge in [0.05, 0.1) is 26.4 Å². The largest absolute Gasteiger partial charge is 0.457 e. The molecule has 0 aromatic rings. The molecule has 0 bridgehead atoms. The minimum Gasteiger partial charge on any atom is -0.457 e. The van der Waals surface area contributed by atoms with Crippen LogP contribution in [0.25, 0.3) is 0 Å². The van der Waals surface area contributed by atoms with Crippen LogP contribution >= 0.6 is 0 Å². The van der Waals surface area contributed by atoms with Crippen LogP contribution in [0.3, 0.4) is 0 Å². The number of aliphatic hydroxyl groups is 7. The quantitative estimate of drug-likeness (QED) is 0.0261. The van der Waals surface area contributed by atoms with Gasteiger partial charge in [-0.2, -0.15) is 0 Å². The van der Waals surface area contributed by atoms with Gasteiger partial charge >= 0.3 is 5.97 Å². The molecule has 11 atom stereocenters. The molecular weight excluding hydrogens is 752 g/mol. The van der Waals surface area contributed by atoms with E-state index in [0.717, 1.165) is 57.8 Å². The lowest BCUT2D eigenvalue weighted by atomic mass is 9.98. The lowest BCUT2D eigenvalue weighted by molar-refractivity contribution is -0.332. The van der Waals surface area contributed by atoms with Gasteiger partial charge in [0, 0.05) is 13.0 Å². The average Bonchev–Trinajstić information content (AvgIpc) is 3.22. The van der Waals surface area contributed by atoms with Crippen molar-refractivity contribution in [3.05, 3.63) is 24.3 Å². The molecule has 0 spiro atoms. The maximum absolute atomic E-state index is 12.7. The van der Waals surface area contributed by atoms with Gasteiger partial charge in [-0.05, 0) is 44.9 Å². The summed E-state index contributed by atoms with van der Waals surface area (Å²) >= 11 is 0. The van der Waals surface area contributed by atoms with E-state index in [1.165, 1.54) is 64.2 Å². The Hall–Kier alpha value is -1.53. The van der Waals surface area contributed by atoms with Crippen LogP contribution in [-0.4, -0.2) is 142 Å². The molecule has 11 unspecified atom stereocenters. The molecule has 0 aromatic carbocycles. The van der Waals surface area contributed by atoms with Crippen molar-refractivity contribution in [2.24, 2.45) is 0 Å². The van der Waals surface area contributed by atoms with E-state index in [-0.39, 0.29) is 19.6 Å². The molecule has 2 rings (SSSR count). The molecule has 2 heterocycles. The minimum atomic E-state index is -1.70. The highest BCUT2D eigenvalue weighted by molar-refractivity contribution is 5.69. The predicted octanol–water partition coefficient (Wildman–Crippen LogP) is 4.90. The maximum atomic E-state index is 12.7. The minimum absolute atomic E-state index is 0.0585. The third-order valence-electron chi connectivity index (χ3n) is 10.7. The first-order chi connectivity index (χ1) is 28.1. The number of carbonyl (C=O) groups excluding carboxylic acids is 1. The molecule has 2 aliphatic heterocycles. The molecular formula is C44H80O14. The van der Waals surface area contributed by atoms with Crippen molar-refractivity contribution in [2.45, 2.75) is 216 Å². The van der Waals surface area contributed by atoms with E-state index in [1.54, 1.807) is 0 Å². The molecule has 2 saturated heterocycles. The number of esters is 1. The Kier molecular flexibility index (Phi) is 30.1. The van der Waals surface area contributed by atoms with Crippen LogP contribution < -0.4 is 0 Å². The van der Waals surface area contributed by atoms with Gasteiger partial charge in [0.1, 0.15) is 54.9 Å². The second-order valence-electron chi connectivity index (χ2n) is 15.9. The van der Waals surface area contributed by atoms with Crippen molar-refractivity contribution in [2.75, 3.05) is 33.0 Å². The number of allylic oxidation sites excluding steroid dienone is 4. The number of rotatable bonds is 34. The topological polar surface area (TPSA) is 214 Å². The third kappa shape index (κ3) is 21.8. The number of carbonyl (C=O) groups is 1. The van der Waals surface area contributed by atoms with Crippen LogP contribution in [0.1, 0.15) is 149 Å². The zero-order valence-electron chi connectivity index (χ0n) is 35.5. The molecule has 58 heavy (non-hydrogen) atoms. The van der Waals surface area contributed by atoms with Crippen molar-refractivity contribution in [1.82, 2.24) is 0 Å². The van der Waals surface area contributed by atoms with Gasteiger partial charge in [-0.25, -0.2) is 0 Å². The Morgan fingerprint density at radius 2 is 1.07 bits per heavy atom. The fraction of sp³-hybridized carbons (Fsp3) is 0.886. The molecule has 0 saturated carbocycles. The van der Waals surface area contributed by atoms with E-state index in [1.807, 2.05) is 0 Å². The van der Waals surface area contributed by atoms with Gasteiger partial charge in [-0.3, -0.25) is 4.79 Å². The van der Waals surface area contributed by atoms with Gasteiger partial charge < -0.3 is 64.2 Å². The fourth-order valence-corrected chi connectivity index (χ4v) is 6.96. The van der Waals surface area contributed by atoms with Crippen molar-refractivity contribution in [3.8, 4) is 0 Å². The van der Waals surface area contributed by atoms with E-state index in [9.17, 15) is 40.5 Å². The molecule has 7 N–H and O–H groups in total. The molecule has 340 valence electrons. The Balaban J connectivity index is 1.72. The molecule has 0 aliphatic carbocycles. The van der Waals surface area contributed by atoms with E-state index in [2.05, 4.69) is 38.2 Å². The van der Waals surface area contributed by atoms with Crippen LogP contribution in [0, 0.1) is 0 Å². The zero-order chi connectivity index (χ0) is 42.4. The van der Waals surface area contributed by atoms with E-state index in [0.29, 0.717) is 13.0 Å². The van der Waals surface area contributed by atoms with Crippen LogP contribution in [0.4, 0.5) is 0 Å². The number of hydrogen-bond donors (Lipinski definition) is 7. The molecule has 0 aromatic heterocycles. The van der Waals surface area contributed by atoms with Gasteiger partial charge in [-0.1, -0.05) is 122 Å². The molecule has 2 fully saturated rings. The number of hydrogen-bond acceptors (Lipinski definition) is 14. The SMILES string of the molecule is CCCCCC/C=C\C/C=C\CCCCCCCCCCOCC(COC1OC(COC2OC(CO)C(O)C(O)C2O)C(O)C(O)C1O)OC(=O)CCCCCCC. The second-order valence-corrected chi connectivity index (χ2v) is 15.9. The summed E-state index contributed by atoms with van der Waals surface area (Å²) in [7, 11) is 0. The summed E-state index contributed by atoms with van der Waals surface area (Å²) in [4.78, 5) is 12.7. The highest BCUT2D eigenvalue weighted by atomic mass is 16.7. The molecule has 0 radical (unpaired) electrons.